The summed E-state index contributed by atoms with van der Waals surface area (Å²) in [6.07, 6.45) is 4.68. The molecule has 10 rings (SSSR count). The van der Waals surface area contributed by atoms with E-state index < -0.39 is 132 Å². The van der Waals surface area contributed by atoms with E-state index in [1.165, 1.54) is 0 Å². The number of allylic oxidation sites excluding steroid dienone is 4. The van der Waals surface area contributed by atoms with Crippen LogP contribution in [-0.4, -0.2) is 122 Å². The van der Waals surface area contributed by atoms with Crippen LogP contribution in [0.3, 0.4) is 0 Å². The number of aliphatic hydroxyl groups is 2. The molecule has 2 heterocycles. The monoisotopic (exact) mass is 944 g/mol. The summed E-state index contributed by atoms with van der Waals surface area (Å²) >= 11 is 0. The number of hydroxylamine groups is 2. The summed E-state index contributed by atoms with van der Waals surface area (Å²) < 4.78 is 19.7. The first-order valence-electron chi connectivity index (χ1n) is 23.3. The van der Waals surface area contributed by atoms with E-state index in [-0.39, 0.29) is 49.2 Å². The summed E-state index contributed by atoms with van der Waals surface area (Å²) in [6.45, 7) is 2.74. The van der Waals surface area contributed by atoms with Crippen molar-refractivity contribution in [2.45, 2.75) is 139 Å². The molecule has 1 aromatic carbocycles. The number of carbonyl (C=O) groups excluding carboxylic acids is 8. The van der Waals surface area contributed by atoms with Crippen LogP contribution < -0.4 is 20.7 Å². The average molecular weight is 945 g/mol. The number of hydrogen-bond donors (Lipinski definition) is 6. The molecule has 0 radical (unpaired) electrons. The Morgan fingerprint density at radius 2 is 1.65 bits per heavy atom. The van der Waals surface area contributed by atoms with Gasteiger partial charge in [0.2, 0.25) is 17.7 Å². The maximum Gasteiger partial charge on any atom is 0.333 e. The maximum absolute atomic E-state index is 14.0. The predicted molar refractivity (Wildman–Crippen MR) is 230 cm³/mol. The normalized spacial score (nSPS) is 36.4. The second kappa shape index (κ2) is 17.3. The van der Waals surface area contributed by atoms with Crippen LogP contribution in [0.15, 0.2) is 48.1 Å². The van der Waals surface area contributed by atoms with Crippen LogP contribution in [0, 0.1) is 28.6 Å². The van der Waals surface area contributed by atoms with Crippen LogP contribution in [0.4, 0.5) is 0 Å². The number of rotatable bonds is 17. The Morgan fingerprint density at radius 1 is 0.941 bits per heavy atom. The first-order valence-corrected chi connectivity index (χ1v) is 23.3. The standard InChI is InChI=1S/C48H56N4O16/c1-44-16-15-27(54)17-26(44)5-8-29-30-18-34-48(33(56)21-53,45(30,2)19-32(55)41(29)44)67-43(65-34)25-3-6-28(7-4-25)66-47-22-46(23-47,24-47)51-42(64)31(9-13-39(61)62)50-36(58)20-49-35(57)10-14-40(63)68-52-37(59)11-12-38(52)60/h3-4,6-7,15-17,29-32,34,41,43,53,55H,5,8-14,18-24H2,1-2H3,(H,49,57)(H,50,58)(H,51,64)(H,61,62)/t29-,30-,31-,32-,34+,41+,43+,44-,45-,46?,47?,48+/m0/s1. The molecule has 8 fully saturated rings. The average Bonchev–Trinajstić information content (AvgIpc) is 3.90. The molecule has 20 nitrogen and oxygen atoms in total. The molecule has 364 valence electrons. The third kappa shape index (κ3) is 8.01. The molecule has 68 heavy (non-hydrogen) atoms. The maximum atomic E-state index is 14.0. The van der Waals surface area contributed by atoms with Crippen molar-refractivity contribution in [2.24, 2.45) is 28.6 Å². The van der Waals surface area contributed by atoms with Gasteiger partial charge in [-0.3, -0.25) is 38.4 Å². The van der Waals surface area contributed by atoms with Crippen molar-refractivity contribution < 1.29 is 77.5 Å². The van der Waals surface area contributed by atoms with Crippen molar-refractivity contribution in [1.82, 2.24) is 21.0 Å². The first kappa shape index (κ1) is 47.2. The lowest BCUT2D eigenvalue weighted by molar-refractivity contribution is -0.204. The highest BCUT2D eigenvalue weighted by atomic mass is 16.7. The SMILES string of the molecule is C[C@]12C=CC(=O)C=C1CC[C@@H]1[C@@H]2[C@@H](O)C[C@@]2(C)[C@H]1C[C@H]1O[C@@H](c3ccc(OC45CC(NC(=O)[C@H](CCC(=O)O)NC(=O)CNC(=O)CCC(=O)ON6C(=O)CCC6=O)(C4)C5)cc3)O[C@]12C(=O)CO. The Kier molecular flexibility index (Phi) is 12.0. The molecule has 1 aromatic rings. The van der Waals surface area contributed by atoms with Crippen LogP contribution in [0.25, 0.3) is 0 Å². The van der Waals surface area contributed by atoms with Crippen LogP contribution in [0.2, 0.25) is 0 Å². The molecular formula is C48H56N4O16. The van der Waals surface area contributed by atoms with Crippen molar-refractivity contribution in [1.29, 1.82) is 0 Å². The van der Waals surface area contributed by atoms with E-state index in [0.29, 0.717) is 48.5 Å². The number of carboxylic acid groups (broad SMARTS) is 1. The van der Waals surface area contributed by atoms with Crippen molar-refractivity contribution in [3.63, 3.8) is 0 Å². The molecule has 7 aliphatic carbocycles. The molecule has 10 atom stereocenters. The summed E-state index contributed by atoms with van der Waals surface area (Å²) in [5.74, 6) is -5.78. The Morgan fingerprint density at radius 3 is 2.32 bits per heavy atom. The lowest BCUT2D eigenvalue weighted by Gasteiger charge is -2.69. The fourth-order valence-corrected chi connectivity index (χ4v) is 13.1. The lowest BCUT2D eigenvalue weighted by Crippen LogP contribution is -2.81. The molecule has 0 unspecified atom stereocenters. The quantitative estimate of drug-likeness (QED) is 0.120. The van der Waals surface area contributed by atoms with Gasteiger partial charge in [0.25, 0.3) is 11.8 Å². The number of imide groups is 1. The minimum absolute atomic E-state index is 0.0281. The third-order valence-electron chi connectivity index (χ3n) is 16.2. The van der Waals surface area contributed by atoms with Gasteiger partial charge in [-0.2, -0.15) is 0 Å². The second-order valence-corrected chi connectivity index (χ2v) is 20.4. The van der Waals surface area contributed by atoms with E-state index in [4.69, 9.17) is 19.0 Å². The van der Waals surface area contributed by atoms with E-state index in [1.807, 2.05) is 13.0 Å². The molecule has 6 N–H and O–H groups in total. The minimum Gasteiger partial charge on any atom is -0.487 e. The fraction of sp³-hybridized carbons (Fsp3) is 0.604. The molecule has 0 aromatic heterocycles. The largest absolute Gasteiger partial charge is 0.487 e. The van der Waals surface area contributed by atoms with Crippen LogP contribution in [-0.2, 0) is 57.5 Å². The number of ether oxygens (including phenoxy) is 3. The van der Waals surface area contributed by atoms with Gasteiger partial charge in [0.05, 0.1) is 30.7 Å². The van der Waals surface area contributed by atoms with Gasteiger partial charge in [-0.15, -0.1) is 5.06 Å². The van der Waals surface area contributed by atoms with Crippen LogP contribution >= 0.6 is 0 Å². The number of Topliss-reactive ketones (excluding diaryl/α,β-unsaturated/α-hetero) is 1. The summed E-state index contributed by atoms with van der Waals surface area (Å²) in [5, 5.41) is 39.7. The van der Waals surface area contributed by atoms with Crippen LogP contribution in [0.5, 0.6) is 5.75 Å². The van der Waals surface area contributed by atoms with Gasteiger partial charge in [0.15, 0.2) is 23.5 Å². The molecule has 9 aliphatic rings. The van der Waals surface area contributed by atoms with Crippen molar-refractivity contribution >= 4 is 53.0 Å². The topological polar surface area (TPSA) is 291 Å². The fourth-order valence-electron chi connectivity index (χ4n) is 13.1. The molecule has 5 amide bonds. The highest BCUT2D eigenvalue weighted by Crippen LogP contribution is 2.70. The zero-order valence-corrected chi connectivity index (χ0v) is 37.8. The molecule has 0 spiro atoms. The number of aliphatic carboxylic acids is 1. The first-order chi connectivity index (χ1) is 32.2. The number of aliphatic hydroxyl groups excluding tert-OH is 2. The number of carboxylic acids is 1. The number of nitrogens with zero attached hydrogens (tertiary/aromatic N) is 1. The summed E-state index contributed by atoms with van der Waals surface area (Å²) in [6, 6.07) is 5.86. The summed E-state index contributed by atoms with van der Waals surface area (Å²) in [5.41, 5.74) is -2.38. The van der Waals surface area contributed by atoms with Gasteiger partial charge in [-0.05, 0) is 68.2 Å². The number of hydrogen-bond acceptors (Lipinski definition) is 15. The third-order valence-corrected chi connectivity index (χ3v) is 16.2. The Hall–Kier alpha value is -5.83. The zero-order chi connectivity index (χ0) is 48.6. The number of carbonyl (C=O) groups is 9. The summed E-state index contributed by atoms with van der Waals surface area (Å²) in [4.78, 5) is 116. The van der Waals surface area contributed by atoms with E-state index in [1.54, 1.807) is 36.4 Å². The molecule has 6 saturated carbocycles. The van der Waals surface area contributed by atoms with E-state index in [0.717, 1.165) is 12.0 Å². The van der Waals surface area contributed by atoms with Crippen molar-refractivity contribution in [3.05, 3.63) is 53.6 Å². The zero-order valence-electron chi connectivity index (χ0n) is 37.8. The highest BCUT2D eigenvalue weighted by molar-refractivity contribution is 6.02. The van der Waals surface area contributed by atoms with Crippen molar-refractivity contribution in [3.8, 4) is 5.75 Å². The van der Waals surface area contributed by atoms with Crippen LogP contribution in [0.1, 0.15) is 109 Å². The minimum atomic E-state index is -1.49. The molecule has 20 heteroatoms. The van der Waals surface area contributed by atoms with Gasteiger partial charge in [0, 0.05) is 67.3 Å². The van der Waals surface area contributed by atoms with Gasteiger partial charge < -0.3 is 50.3 Å². The predicted octanol–water partition coefficient (Wildman–Crippen LogP) is 1.31. The van der Waals surface area contributed by atoms with Gasteiger partial charge in [0.1, 0.15) is 24.0 Å². The molecule has 2 saturated heterocycles. The van der Waals surface area contributed by atoms with E-state index in [9.17, 15) is 58.5 Å². The highest BCUT2D eigenvalue weighted by Gasteiger charge is 2.76. The second-order valence-electron chi connectivity index (χ2n) is 20.4. The molecule has 2 aliphatic heterocycles. The number of amides is 5. The Labute approximate surface area is 390 Å². The molecular weight excluding hydrogens is 889 g/mol. The molecule has 2 bridgehead atoms. The summed E-state index contributed by atoms with van der Waals surface area (Å²) in [7, 11) is 0. The lowest BCUT2D eigenvalue weighted by atomic mass is 9.46. The van der Waals surface area contributed by atoms with Gasteiger partial charge in [-0.1, -0.05) is 37.6 Å². The Balaban J connectivity index is 0.768. The number of nitrogens with one attached hydrogen (secondary N) is 3. The number of ketones is 2. The smallest absolute Gasteiger partial charge is 0.333 e. The van der Waals surface area contributed by atoms with Gasteiger partial charge in [-0.25, -0.2) is 4.79 Å². The number of fused-ring (bicyclic) bond motifs is 7. The van der Waals surface area contributed by atoms with E-state index >= 15 is 0 Å². The van der Waals surface area contributed by atoms with E-state index in [2.05, 4.69) is 22.9 Å². The Bertz CT molecular complexity index is 2380. The number of benzene rings is 1. The van der Waals surface area contributed by atoms with Gasteiger partial charge >= 0.3 is 11.9 Å². The van der Waals surface area contributed by atoms with Crippen molar-refractivity contribution in [2.75, 3.05) is 13.2 Å².